The minimum atomic E-state index is -3.69. The van der Waals surface area contributed by atoms with Gasteiger partial charge in [0.25, 0.3) is 5.91 Å². The average molecular weight is 660 g/mol. The van der Waals surface area contributed by atoms with E-state index >= 15 is 0 Å². The van der Waals surface area contributed by atoms with Crippen molar-refractivity contribution >= 4 is 21.8 Å². The molecule has 1 atom stereocenters. The van der Waals surface area contributed by atoms with Gasteiger partial charge in [-0.1, -0.05) is 72.8 Å². The van der Waals surface area contributed by atoms with Crippen LogP contribution in [0.25, 0.3) is 0 Å². The Kier molecular flexibility index (Phi) is 11.7. The highest BCUT2D eigenvalue weighted by molar-refractivity contribution is 7.89. The number of carbonyl (C=O) groups is 2. The van der Waals surface area contributed by atoms with Gasteiger partial charge >= 0.3 is 0 Å². The maximum Gasteiger partial charge on any atom is 0.261 e. The van der Waals surface area contributed by atoms with E-state index in [4.69, 9.17) is 9.47 Å². The molecular weight excluding hydrogens is 621 g/mol. The van der Waals surface area contributed by atoms with Gasteiger partial charge in [0.2, 0.25) is 15.9 Å². The number of hydrogen-bond acceptors (Lipinski definition) is 6. The summed E-state index contributed by atoms with van der Waals surface area (Å²) in [5, 5.41) is 3.00. The second-order valence-electron chi connectivity index (χ2n) is 11.2. The fourth-order valence-electron chi connectivity index (χ4n) is 5.30. The summed E-state index contributed by atoms with van der Waals surface area (Å²) in [6, 6.07) is 30.0. The molecule has 5 rings (SSSR count). The summed E-state index contributed by atoms with van der Waals surface area (Å²) in [4.78, 5) is 29.2. The molecule has 4 aromatic carbocycles. The van der Waals surface area contributed by atoms with E-state index in [9.17, 15) is 22.4 Å². The Morgan fingerprint density at radius 3 is 2.09 bits per heavy atom. The summed E-state index contributed by atoms with van der Waals surface area (Å²) < 4.78 is 52.2. The molecule has 0 aliphatic carbocycles. The van der Waals surface area contributed by atoms with Crippen LogP contribution in [0.1, 0.15) is 16.7 Å². The summed E-state index contributed by atoms with van der Waals surface area (Å²) in [6.45, 7) is 1.26. The molecule has 1 fully saturated rings. The highest BCUT2D eigenvalue weighted by Crippen LogP contribution is 2.21. The number of rotatable bonds is 14. The van der Waals surface area contributed by atoms with Crippen LogP contribution in [-0.2, 0) is 43.7 Å². The van der Waals surface area contributed by atoms with Gasteiger partial charge in [-0.05, 0) is 59.5 Å². The molecule has 1 N–H and O–H groups in total. The van der Waals surface area contributed by atoms with Crippen molar-refractivity contribution in [2.45, 2.75) is 30.3 Å². The van der Waals surface area contributed by atoms with Crippen molar-refractivity contribution < 1.29 is 31.9 Å². The third-order valence-electron chi connectivity index (χ3n) is 7.89. The van der Waals surface area contributed by atoms with Crippen LogP contribution in [0.4, 0.5) is 4.39 Å². The van der Waals surface area contributed by atoms with Crippen molar-refractivity contribution in [2.75, 3.05) is 39.5 Å². The highest BCUT2D eigenvalue weighted by Gasteiger charge is 2.31. The van der Waals surface area contributed by atoms with Crippen molar-refractivity contribution in [1.82, 2.24) is 14.5 Å². The van der Waals surface area contributed by atoms with Crippen molar-refractivity contribution in [1.29, 1.82) is 0 Å². The Balaban J connectivity index is 1.33. The largest absolute Gasteiger partial charge is 0.484 e. The van der Waals surface area contributed by atoms with E-state index in [1.54, 1.807) is 12.1 Å². The predicted molar refractivity (Wildman–Crippen MR) is 176 cm³/mol. The number of sulfonamides is 1. The van der Waals surface area contributed by atoms with Gasteiger partial charge < -0.3 is 19.7 Å². The SMILES string of the molecule is O=C(NCCc1ccccc1)[C@@H](Cc1ccccc1)N(Cc1ccc(F)cc1)C(=O)COc1ccc(S(=O)(=O)N2CCOCC2)cc1. The summed E-state index contributed by atoms with van der Waals surface area (Å²) in [5.74, 6) is -0.891. The molecule has 0 spiro atoms. The van der Waals surface area contributed by atoms with Crippen molar-refractivity contribution in [2.24, 2.45) is 0 Å². The number of nitrogens with zero attached hydrogens (tertiary/aromatic N) is 2. The number of amides is 2. The van der Waals surface area contributed by atoms with Crippen LogP contribution in [0.2, 0.25) is 0 Å². The monoisotopic (exact) mass is 659 g/mol. The maximum absolute atomic E-state index is 13.9. The van der Waals surface area contributed by atoms with E-state index < -0.39 is 34.4 Å². The van der Waals surface area contributed by atoms with Gasteiger partial charge in [0.05, 0.1) is 18.1 Å². The summed E-state index contributed by atoms with van der Waals surface area (Å²) in [7, 11) is -3.69. The molecule has 47 heavy (non-hydrogen) atoms. The van der Waals surface area contributed by atoms with Gasteiger partial charge in [0, 0.05) is 32.6 Å². The minimum Gasteiger partial charge on any atom is -0.484 e. The molecule has 0 saturated carbocycles. The normalized spacial score (nSPS) is 14.2. The third-order valence-corrected chi connectivity index (χ3v) is 9.80. The molecule has 1 heterocycles. The lowest BCUT2D eigenvalue weighted by molar-refractivity contribution is -0.142. The van der Waals surface area contributed by atoms with Crippen molar-refractivity contribution in [3.8, 4) is 5.75 Å². The van der Waals surface area contributed by atoms with E-state index in [1.165, 1.54) is 45.6 Å². The standard InChI is InChI=1S/C36H38FN3O6S/c37-31-13-11-30(12-14-31)26-40(34(25-29-9-5-2-6-10-29)36(42)38-20-19-28-7-3-1-4-8-28)35(41)27-46-32-15-17-33(18-16-32)47(43,44)39-21-23-45-24-22-39/h1-18,34H,19-27H2,(H,38,42)/t34-/m1/s1. The number of nitrogens with one attached hydrogen (secondary N) is 1. The first kappa shape index (κ1) is 33.8. The molecule has 0 aromatic heterocycles. The molecule has 11 heteroatoms. The number of morpholine rings is 1. The quantitative estimate of drug-likeness (QED) is 0.217. The molecule has 1 saturated heterocycles. The molecule has 4 aromatic rings. The van der Waals surface area contributed by atoms with E-state index in [0.29, 0.717) is 37.5 Å². The van der Waals surface area contributed by atoms with E-state index in [1.807, 2.05) is 60.7 Å². The smallest absolute Gasteiger partial charge is 0.261 e. The van der Waals surface area contributed by atoms with Gasteiger partial charge in [-0.15, -0.1) is 0 Å². The molecular formula is C36H38FN3O6S. The van der Waals surface area contributed by atoms with Crippen molar-refractivity contribution in [3.05, 3.63) is 132 Å². The maximum atomic E-state index is 13.9. The molecule has 246 valence electrons. The van der Waals surface area contributed by atoms with Crippen LogP contribution < -0.4 is 10.1 Å². The fraction of sp³-hybridized carbons (Fsp3) is 0.278. The molecule has 0 radical (unpaired) electrons. The average Bonchev–Trinajstić information content (AvgIpc) is 3.11. The van der Waals surface area contributed by atoms with Gasteiger partial charge in [0.15, 0.2) is 6.61 Å². The molecule has 1 aliphatic rings. The number of halogens is 1. The number of carbonyl (C=O) groups excluding carboxylic acids is 2. The first-order valence-electron chi connectivity index (χ1n) is 15.5. The zero-order valence-electron chi connectivity index (χ0n) is 26.0. The Bertz CT molecular complexity index is 1700. The van der Waals surface area contributed by atoms with Gasteiger partial charge in [-0.25, -0.2) is 12.8 Å². The molecule has 1 aliphatic heterocycles. The van der Waals surface area contributed by atoms with Crippen LogP contribution in [-0.4, -0.2) is 74.9 Å². The van der Waals surface area contributed by atoms with Crippen LogP contribution in [0.3, 0.4) is 0 Å². The Hall–Kier alpha value is -4.58. The fourth-order valence-corrected chi connectivity index (χ4v) is 6.71. The lowest BCUT2D eigenvalue weighted by Crippen LogP contribution is -2.52. The zero-order chi connectivity index (χ0) is 33.1. The second-order valence-corrected chi connectivity index (χ2v) is 13.1. The lowest BCUT2D eigenvalue weighted by atomic mass is 10.0. The van der Waals surface area contributed by atoms with Gasteiger partial charge in [0.1, 0.15) is 17.6 Å². The van der Waals surface area contributed by atoms with E-state index in [0.717, 1.165) is 11.1 Å². The van der Waals surface area contributed by atoms with Gasteiger partial charge in [-0.3, -0.25) is 9.59 Å². The Labute approximate surface area is 275 Å². The second kappa shape index (κ2) is 16.3. The molecule has 2 amide bonds. The lowest BCUT2D eigenvalue weighted by Gasteiger charge is -2.31. The van der Waals surface area contributed by atoms with Crippen LogP contribution in [0.15, 0.2) is 114 Å². The summed E-state index contributed by atoms with van der Waals surface area (Å²) in [5.41, 5.74) is 2.59. The predicted octanol–water partition coefficient (Wildman–Crippen LogP) is 4.22. The first-order valence-corrected chi connectivity index (χ1v) is 16.9. The minimum absolute atomic E-state index is 0.0445. The Morgan fingerprint density at radius 2 is 1.45 bits per heavy atom. The molecule has 0 bridgehead atoms. The summed E-state index contributed by atoms with van der Waals surface area (Å²) in [6.07, 6.45) is 0.871. The third kappa shape index (κ3) is 9.47. The first-order chi connectivity index (χ1) is 22.8. The summed E-state index contributed by atoms with van der Waals surface area (Å²) >= 11 is 0. The van der Waals surface area contributed by atoms with Gasteiger partial charge in [-0.2, -0.15) is 4.31 Å². The highest BCUT2D eigenvalue weighted by atomic mass is 32.2. The number of benzene rings is 4. The Morgan fingerprint density at radius 1 is 0.830 bits per heavy atom. The molecule has 0 unspecified atom stereocenters. The number of ether oxygens (including phenoxy) is 2. The topological polar surface area (TPSA) is 105 Å². The van der Waals surface area contributed by atoms with Crippen LogP contribution in [0.5, 0.6) is 5.75 Å². The van der Waals surface area contributed by atoms with E-state index in [2.05, 4.69) is 5.32 Å². The zero-order valence-corrected chi connectivity index (χ0v) is 26.8. The van der Waals surface area contributed by atoms with E-state index in [-0.39, 0.29) is 36.9 Å². The number of hydrogen-bond donors (Lipinski definition) is 1. The van der Waals surface area contributed by atoms with Crippen LogP contribution >= 0.6 is 0 Å². The molecule has 9 nitrogen and oxygen atoms in total. The van der Waals surface area contributed by atoms with Crippen molar-refractivity contribution in [3.63, 3.8) is 0 Å². The van der Waals surface area contributed by atoms with Crippen LogP contribution in [0, 0.1) is 5.82 Å².